The molecule has 1 N–H and O–H groups in total. The summed E-state index contributed by atoms with van der Waals surface area (Å²) in [6.07, 6.45) is 1.09. The van der Waals surface area contributed by atoms with Gasteiger partial charge in [-0.1, -0.05) is 11.6 Å². The first-order valence-electron chi connectivity index (χ1n) is 5.71. The Morgan fingerprint density at radius 1 is 1.40 bits per heavy atom. The number of pyridine rings is 1. The van der Waals surface area contributed by atoms with Crippen LogP contribution < -0.4 is 5.32 Å². The summed E-state index contributed by atoms with van der Waals surface area (Å²) in [7, 11) is 0. The minimum atomic E-state index is -1.07. The Bertz CT molecular complexity index is 669. The van der Waals surface area contributed by atoms with E-state index in [1.807, 2.05) is 0 Å². The third-order valence-electron chi connectivity index (χ3n) is 2.78. The molecule has 6 heteroatoms. The second-order valence-electron chi connectivity index (χ2n) is 4.35. The number of nitrogens with zero attached hydrogens (tertiary/aromatic N) is 2. The van der Waals surface area contributed by atoms with Gasteiger partial charge in [-0.3, -0.25) is 4.98 Å². The number of anilines is 1. The topological polar surface area (TPSA) is 48.7 Å². The predicted molar refractivity (Wildman–Crippen MR) is 79.9 cm³/mol. The Hall–Kier alpha value is -1.64. The molecule has 2 rings (SSSR count). The van der Waals surface area contributed by atoms with Gasteiger partial charge >= 0.3 is 0 Å². The van der Waals surface area contributed by atoms with Crippen molar-refractivity contribution in [1.82, 2.24) is 4.98 Å². The molecular weight excluding hydrogens is 345 g/mol. The Balaban J connectivity index is 2.34. The normalized spacial score (nSPS) is 13.3. The monoisotopic (exact) mass is 353 g/mol. The van der Waals surface area contributed by atoms with Crippen LogP contribution in [0.3, 0.4) is 0 Å². The second kappa shape index (κ2) is 5.78. The average Bonchev–Trinajstić information content (AvgIpc) is 2.43. The lowest BCUT2D eigenvalue weighted by atomic mass is 9.98. The minimum Gasteiger partial charge on any atom is -0.363 e. The summed E-state index contributed by atoms with van der Waals surface area (Å²) >= 11 is 9.25. The van der Waals surface area contributed by atoms with E-state index in [4.69, 9.17) is 11.6 Å². The maximum Gasteiger partial charge on any atom is 0.165 e. The van der Waals surface area contributed by atoms with Gasteiger partial charge in [0, 0.05) is 10.2 Å². The highest BCUT2D eigenvalue weighted by molar-refractivity contribution is 9.10. The van der Waals surface area contributed by atoms with E-state index in [1.165, 1.54) is 12.1 Å². The minimum absolute atomic E-state index is 0.437. The first-order chi connectivity index (χ1) is 9.44. The molecule has 0 saturated carbocycles. The van der Waals surface area contributed by atoms with Gasteiger partial charge < -0.3 is 5.32 Å². The van der Waals surface area contributed by atoms with Crippen molar-refractivity contribution >= 4 is 33.2 Å². The van der Waals surface area contributed by atoms with Gasteiger partial charge in [0.05, 0.1) is 23.0 Å². The highest BCUT2D eigenvalue weighted by Crippen LogP contribution is 2.29. The smallest absolute Gasteiger partial charge is 0.165 e. The maximum atomic E-state index is 12.9. The van der Waals surface area contributed by atoms with E-state index in [2.05, 4.69) is 32.3 Å². The highest BCUT2D eigenvalue weighted by atomic mass is 79.9. The summed E-state index contributed by atoms with van der Waals surface area (Å²) in [5.41, 5.74) is 0.0740. The van der Waals surface area contributed by atoms with E-state index >= 15 is 0 Å². The van der Waals surface area contributed by atoms with Crippen LogP contribution in [0.25, 0.3) is 0 Å². The summed E-state index contributed by atoms with van der Waals surface area (Å²) in [6, 6.07) is 10.1. The largest absolute Gasteiger partial charge is 0.363 e. The van der Waals surface area contributed by atoms with E-state index in [-0.39, 0.29) is 0 Å². The van der Waals surface area contributed by atoms with Crippen molar-refractivity contribution in [1.29, 1.82) is 5.26 Å². The van der Waals surface area contributed by atoms with Crippen LogP contribution in [0.4, 0.5) is 10.1 Å². The fourth-order valence-corrected chi connectivity index (χ4v) is 2.18. The van der Waals surface area contributed by atoms with E-state index < -0.39 is 11.4 Å². The average molecular weight is 355 g/mol. The van der Waals surface area contributed by atoms with Crippen LogP contribution in [0.5, 0.6) is 0 Å². The first kappa shape index (κ1) is 14.8. The van der Waals surface area contributed by atoms with Gasteiger partial charge in [0.1, 0.15) is 5.82 Å². The van der Waals surface area contributed by atoms with Gasteiger partial charge in [-0.05, 0) is 53.2 Å². The number of benzene rings is 1. The zero-order chi connectivity index (χ0) is 14.8. The molecule has 3 nitrogen and oxygen atoms in total. The van der Waals surface area contributed by atoms with Crippen molar-refractivity contribution in [3.05, 3.63) is 57.5 Å². The molecule has 0 aliphatic rings. The van der Waals surface area contributed by atoms with Gasteiger partial charge in [-0.25, -0.2) is 4.39 Å². The SMILES string of the molecule is CC(C#N)(Nc1ccc(Cl)c(Br)c1)c1ccc(F)cn1. The van der Waals surface area contributed by atoms with Crippen molar-refractivity contribution in [3.8, 4) is 6.07 Å². The Morgan fingerprint density at radius 2 is 2.15 bits per heavy atom. The van der Waals surface area contributed by atoms with Crippen molar-refractivity contribution in [2.75, 3.05) is 5.32 Å². The molecule has 0 radical (unpaired) electrons. The maximum absolute atomic E-state index is 12.9. The summed E-state index contributed by atoms with van der Waals surface area (Å²) in [5.74, 6) is -0.441. The Labute approximate surface area is 129 Å². The number of rotatable bonds is 3. The van der Waals surface area contributed by atoms with Crippen LogP contribution in [0.1, 0.15) is 12.6 Å². The summed E-state index contributed by atoms with van der Waals surface area (Å²) in [6.45, 7) is 1.68. The van der Waals surface area contributed by atoms with Crippen LogP contribution in [0, 0.1) is 17.1 Å². The number of nitriles is 1. The molecule has 20 heavy (non-hydrogen) atoms. The molecule has 1 aromatic carbocycles. The fraction of sp³-hybridized carbons (Fsp3) is 0.143. The van der Waals surface area contributed by atoms with Gasteiger partial charge in [-0.2, -0.15) is 5.26 Å². The second-order valence-corrected chi connectivity index (χ2v) is 5.61. The lowest BCUT2D eigenvalue weighted by molar-refractivity contribution is 0.608. The summed E-state index contributed by atoms with van der Waals surface area (Å²) in [5, 5.41) is 13.1. The number of aromatic nitrogens is 1. The Morgan fingerprint density at radius 3 is 2.70 bits per heavy atom. The first-order valence-corrected chi connectivity index (χ1v) is 6.88. The third kappa shape index (κ3) is 3.09. The third-order valence-corrected chi connectivity index (χ3v) is 3.99. The van der Waals surface area contributed by atoms with Crippen LogP contribution in [-0.2, 0) is 5.54 Å². The van der Waals surface area contributed by atoms with Crippen molar-refractivity contribution < 1.29 is 4.39 Å². The quantitative estimate of drug-likeness (QED) is 0.883. The molecule has 1 unspecified atom stereocenters. The lowest BCUT2D eigenvalue weighted by Gasteiger charge is -2.24. The molecule has 2 aromatic rings. The molecule has 0 saturated heterocycles. The summed E-state index contributed by atoms with van der Waals surface area (Å²) < 4.78 is 13.6. The number of hydrogen-bond acceptors (Lipinski definition) is 3. The standard InChI is InChI=1S/C14H10BrClFN3/c1-14(8-18,13-5-2-9(17)7-19-13)20-10-3-4-12(16)11(15)6-10/h2-7,20H,1H3. The van der Waals surface area contributed by atoms with Gasteiger partial charge in [0.2, 0.25) is 0 Å². The molecule has 1 atom stereocenters. The van der Waals surface area contributed by atoms with E-state index in [9.17, 15) is 9.65 Å². The molecule has 1 heterocycles. The fourth-order valence-electron chi connectivity index (χ4n) is 1.68. The van der Waals surface area contributed by atoms with Gasteiger partial charge in [0.15, 0.2) is 5.54 Å². The lowest BCUT2D eigenvalue weighted by Crippen LogP contribution is -2.31. The molecule has 102 valence electrons. The molecular formula is C14H10BrClFN3. The van der Waals surface area contributed by atoms with E-state index in [1.54, 1.807) is 25.1 Å². The van der Waals surface area contributed by atoms with Crippen LogP contribution in [0.15, 0.2) is 41.0 Å². The summed E-state index contributed by atoms with van der Waals surface area (Å²) in [4.78, 5) is 3.96. The van der Waals surface area contributed by atoms with Crippen molar-refractivity contribution in [2.24, 2.45) is 0 Å². The van der Waals surface area contributed by atoms with Gasteiger partial charge in [0.25, 0.3) is 0 Å². The molecule has 0 aliphatic carbocycles. The molecule has 0 spiro atoms. The number of nitrogens with one attached hydrogen (secondary N) is 1. The van der Waals surface area contributed by atoms with E-state index in [0.29, 0.717) is 16.4 Å². The van der Waals surface area contributed by atoms with Gasteiger partial charge in [-0.15, -0.1) is 0 Å². The predicted octanol–water partition coefficient (Wildman–Crippen LogP) is 4.49. The molecule has 0 bridgehead atoms. The number of hydrogen-bond donors (Lipinski definition) is 1. The molecule has 1 aromatic heterocycles. The highest BCUT2D eigenvalue weighted by Gasteiger charge is 2.28. The van der Waals surface area contributed by atoms with Crippen LogP contribution >= 0.6 is 27.5 Å². The molecule has 0 amide bonds. The van der Waals surface area contributed by atoms with Crippen LogP contribution in [0.2, 0.25) is 5.02 Å². The van der Waals surface area contributed by atoms with Crippen molar-refractivity contribution in [3.63, 3.8) is 0 Å². The van der Waals surface area contributed by atoms with E-state index in [0.717, 1.165) is 10.7 Å². The molecule has 0 aliphatic heterocycles. The Kier molecular flexibility index (Phi) is 4.26. The molecule has 0 fully saturated rings. The zero-order valence-electron chi connectivity index (χ0n) is 10.5. The zero-order valence-corrected chi connectivity index (χ0v) is 12.8. The number of halogens is 3. The van der Waals surface area contributed by atoms with Crippen molar-refractivity contribution in [2.45, 2.75) is 12.5 Å². The van der Waals surface area contributed by atoms with Crippen LogP contribution in [-0.4, -0.2) is 4.98 Å².